The summed E-state index contributed by atoms with van der Waals surface area (Å²) in [5.74, 6) is 0.220. The number of allylic oxidation sites excluding steroid dienone is 2. The number of carbonyl (C=O) groups is 1. The number of rotatable bonds is 7. The Hall–Kier alpha value is -2.85. The van der Waals surface area contributed by atoms with E-state index >= 15 is 0 Å². The van der Waals surface area contributed by atoms with Crippen molar-refractivity contribution in [2.24, 2.45) is 0 Å². The van der Waals surface area contributed by atoms with Crippen LogP contribution in [0.5, 0.6) is 0 Å². The van der Waals surface area contributed by atoms with E-state index in [4.69, 9.17) is 0 Å². The summed E-state index contributed by atoms with van der Waals surface area (Å²) in [6.07, 6.45) is 11.4. The third-order valence-electron chi connectivity index (χ3n) is 7.81. The monoisotopic (exact) mass is 455 g/mol. The van der Waals surface area contributed by atoms with Gasteiger partial charge in [-0.25, -0.2) is 0 Å². The maximum atomic E-state index is 13.3. The normalized spacial score (nSPS) is 19.8. The van der Waals surface area contributed by atoms with Crippen LogP contribution in [0.25, 0.3) is 0 Å². The maximum absolute atomic E-state index is 13.3. The highest BCUT2D eigenvalue weighted by Gasteiger charge is 2.36. The lowest BCUT2D eigenvalue weighted by Gasteiger charge is -2.41. The second-order valence-corrected chi connectivity index (χ2v) is 9.71. The zero-order valence-electron chi connectivity index (χ0n) is 20.6. The molecule has 2 aliphatic heterocycles. The molecule has 0 saturated carbocycles. The van der Waals surface area contributed by atoms with E-state index in [-0.39, 0.29) is 5.91 Å². The van der Waals surface area contributed by atoms with E-state index in [1.54, 1.807) is 0 Å². The zero-order valence-corrected chi connectivity index (χ0v) is 20.6. The molecule has 5 rings (SSSR count). The summed E-state index contributed by atoms with van der Waals surface area (Å²) < 4.78 is 0. The van der Waals surface area contributed by atoms with Crippen LogP contribution in [0.4, 0.5) is 5.69 Å². The van der Waals surface area contributed by atoms with E-state index in [2.05, 4.69) is 89.2 Å². The number of amides is 1. The number of benzene rings is 2. The van der Waals surface area contributed by atoms with E-state index in [9.17, 15) is 4.79 Å². The minimum atomic E-state index is 0.220. The van der Waals surface area contributed by atoms with Gasteiger partial charge in [0.2, 0.25) is 0 Å². The van der Waals surface area contributed by atoms with Crippen LogP contribution in [0.1, 0.15) is 67.1 Å². The van der Waals surface area contributed by atoms with E-state index in [1.807, 2.05) is 6.07 Å². The molecule has 0 aromatic heterocycles. The summed E-state index contributed by atoms with van der Waals surface area (Å²) in [6, 6.07) is 17.9. The summed E-state index contributed by atoms with van der Waals surface area (Å²) in [5, 5.41) is 0. The first-order valence-electron chi connectivity index (χ1n) is 13.0. The minimum Gasteiger partial charge on any atom is -0.372 e. The lowest BCUT2D eigenvalue weighted by molar-refractivity contribution is 0.0566. The van der Waals surface area contributed by atoms with Gasteiger partial charge in [-0.2, -0.15) is 0 Å². The molecule has 2 aromatic rings. The number of fused-ring (bicyclic) bond motifs is 1. The van der Waals surface area contributed by atoms with Gasteiger partial charge in [0.15, 0.2) is 0 Å². The first-order valence-corrected chi connectivity index (χ1v) is 13.0. The average Bonchev–Trinajstić information content (AvgIpc) is 3.22. The van der Waals surface area contributed by atoms with Crippen molar-refractivity contribution >= 4 is 11.6 Å². The van der Waals surface area contributed by atoms with Gasteiger partial charge in [0.05, 0.1) is 6.04 Å². The highest BCUT2D eigenvalue weighted by Crippen LogP contribution is 2.36. The summed E-state index contributed by atoms with van der Waals surface area (Å²) in [5.41, 5.74) is 6.11. The quantitative estimate of drug-likeness (QED) is 0.515. The molecule has 1 unspecified atom stereocenters. The minimum absolute atomic E-state index is 0.220. The molecule has 1 amide bonds. The van der Waals surface area contributed by atoms with Crippen LogP contribution in [0.15, 0.2) is 72.3 Å². The van der Waals surface area contributed by atoms with E-state index < -0.39 is 0 Å². The Morgan fingerprint density at radius 1 is 1.00 bits per heavy atom. The number of carbonyl (C=O) groups excluding carboxylic acids is 1. The SMILES string of the molecule is CCN(CC)c1ccc2c(c1)CN(C1CCN(C(C3=CCCC=C3)c3ccccc3)CC1)C2=O. The molecule has 1 atom stereocenters. The lowest BCUT2D eigenvalue weighted by Crippen LogP contribution is -2.46. The summed E-state index contributed by atoms with van der Waals surface area (Å²) in [6.45, 7) is 9.12. The van der Waals surface area contributed by atoms with Gasteiger partial charge in [0, 0.05) is 50.0 Å². The van der Waals surface area contributed by atoms with Gasteiger partial charge in [0.1, 0.15) is 0 Å². The molecule has 4 nitrogen and oxygen atoms in total. The maximum Gasteiger partial charge on any atom is 0.254 e. The third-order valence-corrected chi connectivity index (χ3v) is 7.81. The van der Waals surface area contributed by atoms with Crippen LogP contribution in [-0.4, -0.2) is 47.9 Å². The molecule has 0 radical (unpaired) electrons. The van der Waals surface area contributed by atoms with Crippen LogP contribution in [0, 0.1) is 0 Å². The zero-order chi connectivity index (χ0) is 23.5. The van der Waals surface area contributed by atoms with Gasteiger partial charge < -0.3 is 9.80 Å². The van der Waals surface area contributed by atoms with E-state index in [0.717, 1.165) is 64.0 Å². The fourth-order valence-corrected chi connectivity index (χ4v) is 5.95. The predicted octanol–water partition coefficient (Wildman–Crippen LogP) is 5.97. The molecule has 4 heteroatoms. The van der Waals surface area contributed by atoms with Crippen molar-refractivity contribution in [3.05, 3.63) is 89.0 Å². The van der Waals surface area contributed by atoms with Gasteiger partial charge in [-0.05, 0) is 74.4 Å². The number of nitrogens with zero attached hydrogens (tertiary/aromatic N) is 3. The van der Waals surface area contributed by atoms with Crippen molar-refractivity contribution in [1.82, 2.24) is 9.80 Å². The molecule has 2 heterocycles. The topological polar surface area (TPSA) is 26.8 Å². The second-order valence-electron chi connectivity index (χ2n) is 9.71. The van der Waals surface area contributed by atoms with Crippen LogP contribution < -0.4 is 4.90 Å². The fraction of sp³-hybridized carbons (Fsp3) is 0.433. The molecule has 1 aliphatic carbocycles. The molecule has 0 bridgehead atoms. The molecule has 0 spiro atoms. The van der Waals surface area contributed by atoms with E-state index in [1.165, 1.54) is 22.4 Å². The van der Waals surface area contributed by atoms with Crippen molar-refractivity contribution in [3.63, 3.8) is 0 Å². The average molecular weight is 456 g/mol. The van der Waals surface area contributed by atoms with Gasteiger partial charge >= 0.3 is 0 Å². The Kier molecular flexibility index (Phi) is 6.87. The highest BCUT2D eigenvalue weighted by atomic mass is 16.2. The smallest absolute Gasteiger partial charge is 0.254 e. The highest BCUT2D eigenvalue weighted by molar-refractivity contribution is 5.99. The van der Waals surface area contributed by atoms with Crippen molar-refractivity contribution < 1.29 is 4.79 Å². The Balaban J connectivity index is 1.29. The Morgan fingerprint density at radius 2 is 1.76 bits per heavy atom. The third kappa shape index (κ3) is 4.44. The van der Waals surface area contributed by atoms with Gasteiger partial charge in [-0.1, -0.05) is 48.6 Å². The molecule has 1 fully saturated rings. The molecule has 2 aromatic carbocycles. The number of likely N-dealkylation sites (tertiary alicyclic amines) is 1. The lowest BCUT2D eigenvalue weighted by atomic mass is 9.90. The van der Waals surface area contributed by atoms with Crippen LogP contribution in [0.3, 0.4) is 0 Å². The Morgan fingerprint density at radius 3 is 2.44 bits per heavy atom. The standard InChI is InChI=1S/C30H37N3O/c1-3-31(4-2)27-15-16-28-25(21-27)22-33(30(28)34)26-17-19-32(20-18-26)29(23-11-7-5-8-12-23)24-13-9-6-10-14-24/h5,7-9,11-16,21,26,29H,3-4,6,10,17-20,22H2,1-2H3. The molecule has 34 heavy (non-hydrogen) atoms. The number of hydrogen-bond donors (Lipinski definition) is 0. The number of anilines is 1. The van der Waals surface area contributed by atoms with Gasteiger partial charge in [-0.3, -0.25) is 9.69 Å². The van der Waals surface area contributed by atoms with Gasteiger partial charge in [-0.15, -0.1) is 0 Å². The van der Waals surface area contributed by atoms with Crippen molar-refractivity contribution in [2.75, 3.05) is 31.1 Å². The largest absolute Gasteiger partial charge is 0.372 e. The number of hydrogen-bond acceptors (Lipinski definition) is 3. The molecule has 3 aliphatic rings. The number of piperidine rings is 1. The van der Waals surface area contributed by atoms with Crippen molar-refractivity contribution in [3.8, 4) is 0 Å². The first kappa shape index (κ1) is 22.9. The molecule has 178 valence electrons. The van der Waals surface area contributed by atoms with Crippen LogP contribution >= 0.6 is 0 Å². The summed E-state index contributed by atoms with van der Waals surface area (Å²) >= 11 is 0. The van der Waals surface area contributed by atoms with Crippen LogP contribution in [-0.2, 0) is 6.54 Å². The Labute approximate surface area is 204 Å². The molecule has 0 N–H and O–H groups in total. The predicted molar refractivity (Wildman–Crippen MR) is 140 cm³/mol. The molecule has 1 saturated heterocycles. The van der Waals surface area contributed by atoms with Crippen LogP contribution in [0.2, 0.25) is 0 Å². The second kappa shape index (κ2) is 10.2. The summed E-state index contributed by atoms with van der Waals surface area (Å²) in [4.78, 5) is 20.4. The molecular weight excluding hydrogens is 418 g/mol. The van der Waals surface area contributed by atoms with Gasteiger partial charge in [0.25, 0.3) is 5.91 Å². The Bertz CT molecular complexity index is 1060. The summed E-state index contributed by atoms with van der Waals surface area (Å²) in [7, 11) is 0. The molecular formula is C30H37N3O. The first-order chi connectivity index (χ1) is 16.7. The fourth-order valence-electron chi connectivity index (χ4n) is 5.95. The van der Waals surface area contributed by atoms with Crippen molar-refractivity contribution in [1.29, 1.82) is 0 Å². The van der Waals surface area contributed by atoms with E-state index in [0.29, 0.717) is 12.1 Å². The van der Waals surface area contributed by atoms with Crippen molar-refractivity contribution in [2.45, 2.75) is 58.2 Å².